The summed E-state index contributed by atoms with van der Waals surface area (Å²) >= 11 is 0. The molecule has 52 heavy (non-hydrogen) atoms. The second-order valence-electron chi connectivity index (χ2n) is 17.0. The molecule has 6 N–H and O–H groups in total. The van der Waals surface area contributed by atoms with Gasteiger partial charge in [0.2, 0.25) is 17.7 Å². The molecule has 9 heteroatoms. The molecule has 0 aromatic heterocycles. The van der Waals surface area contributed by atoms with E-state index in [9.17, 15) is 9.59 Å². The number of anilines is 2. The Hall–Kier alpha value is -4.16. The molecule has 2 fully saturated rings. The van der Waals surface area contributed by atoms with Crippen LogP contribution in [0, 0.1) is 34.5 Å². The van der Waals surface area contributed by atoms with Gasteiger partial charge in [-0.15, -0.1) is 6.42 Å². The fourth-order valence-electron chi connectivity index (χ4n) is 11.3. The van der Waals surface area contributed by atoms with Crippen molar-refractivity contribution in [1.82, 2.24) is 4.90 Å². The normalized spacial score (nSPS) is 32.4. The lowest BCUT2D eigenvalue weighted by molar-refractivity contribution is -0.171. The minimum absolute atomic E-state index is 0.0396. The molecule has 0 heterocycles. The number of hydrogen-bond donors (Lipinski definition) is 4. The van der Waals surface area contributed by atoms with Crippen LogP contribution in [0.4, 0.5) is 11.4 Å². The van der Waals surface area contributed by atoms with Crippen LogP contribution >= 0.6 is 0 Å². The monoisotopic (exact) mass is 708 g/mol. The summed E-state index contributed by atoms with van der Waals surface area (Å²) in [5.74, 6) is 1.13. The van der Waals surface area contributed by atoms with Gasteiger partial charge in [-0.05, 0) is 133 Å². The third-order valence-corrected chi connectivity index (χ3v) is 14.7. The summed E-state index contributed by atoms with van der Waals surface area (Å²) in [6, 6.07) is 11.1. The first-order valence-corrected chi connectivity index (χ1v) is 19.2. The Kier molecular flexibility index (Phi) is 9.66. The summed E-state index contributed by atoms with van der Waals surface area (Å²) in [5.41, 5.74) is 15.1. The fraction of sp³-hybridized carbons (Fsp3) is 0.581. The first-order chi connectivity index (χ1) is 24.5. The lowest BCUT2D eigenvalue weighted by Crippen LogP contribution is -2.65. The summed E-state index contributed by atoms with van der Waals surface area (Å²) in [5, 5.41) is 11.9. The molecular weight excluding hydrogens is 652 g/mol. The molecule has 2 aromatic rings. The van der Waals surface area contributed by atoms with Crippen LogP contribution in [0.1, 0.15) is 121 Å². The number of carboxylic acid groups (broad SMARTS) is 1. The van der Waals surface area contributed by atoms with Crippen molar-refractivity contribution in [2.24, 2.45) is 27.9 Å². The molecule has 9 nitrogen and oxygen atoms in total. The molecule has 0 unspecified atom stereocenters. The molecule has 278 valence electrons. The van der Waals surface area contributed by atoms with Crippen LogP contribution in [0.2, 0.25) is 0 Å². The maximum absolute atomic E-state index is 15.3. The molecule has 4 aliphatic rings. The molecular formula is C43H56N4O5. The zero-order chi connectivity index (χ0) is 37.9. The van der Waals surface area contributed by atoms with E-state index < -0.39 is 39.6 Å². The number of fused-ring (bicyclic) bond motifs is 6. The van der Waals surface area contributed by atoms with E-state index >= 15 is 9.59 Å². The van der Waals surface area contributed by atoms with Crippen molar-refractivity contribution < 1.29 is 24.3 Å². The number of carbonyl (C=O) groups excluding carboxylic acids is 3. The van der Waals surface area contributed by atoms with Gasteiger partial charge < -0.3 is 21.9 Å². The Morgan fingerprint density at radius 2 is 1.63 bits per heavy atom. The van der Waals surface area contributed by atoms with Crippen LogP contribution in [0.5, 0.6) is 0 Å². The minimum atomic E-state index is -1.10. The Labute approximate surface area is 308 Å². The number of nitrogens with one attached hydrogen (secondary N) is 1. The maximum Gasteiger partial charge on any atom is 0.303 e. The number of carbonyl (C=O) groups is 4. The van der Waals surface area contributed by atoms with Gasteiger partial charge in [0.15, 0.2) is 0 Å². The number of nitrogen functional groups attached to an aromatic ring is 1. The van der Waals surface area contributed by atoms with Gasteiger partial charge >= 0.3 is 5.97 Å². The second-order valence-corrected chi connectivity index (χ2v) is 17.0. The van der Waals surface area contributed by atoms with Gasteiger partial charge in [0, 0.05) is 24.3 Å². The van der Waals surface area contributed by atoms with Crippen molar-refractivity contribution in [3.05, 3.63) is 58.7 Å². The standard InChI is InChI=1S/C43H56N4O5/c1-7-43(23-9-20-39(3)31-25-29(44)14-11-27(31)13-17-34(39)43)38(52)47(8-2)37(51)41(5)22-10-21-40(4)32-26-30(15-12-28(32)19-24-42(40,41)6)46-36(50)33(45)16-18-35(48)49/h1,11-12,14-15,25-26,33-34H,8-10,13,16-24,44-45H2,2-6H3,(H,46,50)(H,48,49)/t33-,34+,39+,40+,41+,42+,43-/m0/s1. The highest BCUT2D eigenvalue weighted by Gasteiger charge is 2.65. The van der Waals surface area contributed by atoms with Gasteiger partial charge in [-0.25, -0.2) is 0 Å². The first-order valence-electron chi connectivity index (χ1n) is 19.2. The van der Waals surface area contributed by atoms with Crippen molar-refractivity contribution in [1.29, 1.82) is 0 Å². The fourth-order valence-corrected chi connectivity index (χ4v) is 11.3. The van der Waals surface area contributed by atoms with Crippen molar-refractivity contribution in [2.75, 3.05) is 17.6 Å². The molecule has 0 saturated heterocycles. The van der Waals surface area contributed by atoms with Crippen LogP contribution < -0.4 is 16.8 Å². The van der Waals surface area contributed by atoms with Crippen molar-refractivity contribution in [3.63, 3.8) is 0 Å². The van der Waals surface area contributed by atoms with E-state index in [-0.39, 0.29) is 42.5 Å². The number of terminal acetylenes is 1. The molecule has 2 saturated carbocycles. The van der Waals surface area contributed by atoms with Gasteiger partial charge in [0.05, 0.1) is 11.5 Å². The quantitative estimate of drug-likeness (QED) is 0.139. The SMILES string of the molecule is C#C[C@]1(C(=O)N(CC)C(=O)[C@@]2(C)CCC[C@]3(C)c4cc(NC(=O)[C@@H](N)CCC(=O)O)ccc4CC[C@@]23C)CCC[C@]2(C)c3cc(N)ccc3CC[C@@H]12. The number of carboxylic acids is 1. The minimum Gasteiger partial charge on any atom is -0.481 e. The number of rotatable bonds is 8. The maximum atomic E-state index is 15.3. The third-order valence-electron chi connectivity index (χ3n) is 14.7. The van der Waals surface area contributed by atoms with Gasteiger partial charge in [-0.3, -0.25) is 24.1 Å². The van der Waals surface area contributed by atoms with E-state index in [1.807, 2.05) is 31.2 Å². The van der Waals surface area contributed by atoms with E-state index in [0.717, 1.165) is 56.9 Å². The van der Waals surface area contributed by atoms with Crippen molar-refractivity contribution in [2.45, 2.75) is 129 Å². The van der Waals surface area contributed by atoms with E-state index in [2.05, 4.69) is 51.1 Å². The average molecular weight is 709 g/mol. The van der Waals surface area contributed by atoms with E-state index in [1.165, 1.54) is 21.6 Å². The molecule has 0 bridgehead atoms. The second kappa shape index (κ2) is 13.4. The molecule has 0 spiro atoms. The molecule has 0 aliphatic heterocycles. The van der Waals surface area contributed by atoms with Crippen LogP contribution in [0.25, 0.3) is 0 Å². The van der Waals surface area contributed by atoms with Crippen LogP contribution in [-0.4, -0.2) is 46.3 Å². The number of amides is 3. The van der Waals surface area contributed by atoms with Crippen molar-refractivity contribution in [3.8, 4) is 12.3 Å². The lowest BCUT2D eigenvalue weighted by Gasteiger charge is -2.63. The summed E-state index contributed by atoms with van der Waals surface area (Å²) < 4.78 is 0. The van der Waals surface area contributed by atoms with Crippen LogP contribution in [0.15, 0.2) is 36.4 Å². The highest BCUT2D eigenvalue weighted by atomic mass is 16.4. The number of hydrogen-bond acceptors (Lipinski definition) is 6. The highest BCUT2D eigenvalue weighted by Crippen LogP contribution is 2.66. The number of aliphatic carboxylic acids is 1. The van der Waals surface area contributed by atoms with Gasteiger partial charge in [0.1, 0.15) is 5.41 Å². The van der Waals surface area contributed by atoms with E-state index in [4.69, 9.17) is 23.0 Å². The molecule has 3 amide bonds. The Morgan fingerprint density at radius 1 is 0.942 bits per heavy atom. The number of benzene rings is 2. The third kappa shape index (κ3) is 5.55. The predicted molar refractivity (Wildman–Crippen MR) is 203 cm³/mol. The van der Waals surface area contributed by atoms with Gasteiger partial charge in [0.25, 0.3) is 0 Å². The van der Waals surface area contributed by atoms with Crippen molar-refractivity contribution >= 4 is 35.1 Å². The predicted octanol–water partition coefficient (Wildman–Crippen LogP) is 6.50. The summed E-state index contributed by atoms with van der Waals surface area (Å²) in [4.78, 5) is 55.9. The lowest BCUT2D eigenvalue weighted by atomic mass is 9.41. The van der Waals surface area contributed by atoms with Crippen LogP contribution in [0.3, 0.4) is 0 Å². The molecule has 6 rings (SSSR count). The summed E-state index contributed by atoms with van der Waals surface area (Å²) in [7, 11) is 0. The molecule has 0 radical (unpaired) electrons. The summed E-state index contributed by atoms with van der Waals surface area (Å²) in [6.45, 7) is 10.9. The Morgan fingerprint density at radius 3 is 2.33 bits per heavy atom. The topological polar surface area (TPSA) is 156 Å². The number of nitrogens with zero attached hydrogens (tertiary/aromatic N) is 1. The van der Waals surface area contributed by atoms with E-state index in [1.54, 1.807) is 0 Å². The zero-order valence-electron chi connectivity index (χ0n) is 31.6. The first kappa shape index (κ1) is 37.6. The molecule has 7 atom stereocenters. The van der Waals surface area contributed by atoms with Gasteiger partial charge in [-0.2, -0.15) is 0 Å². The zero-order valence-corrected chi connectivity index (χ0v) is 31.6. The molecule has 2 aromatic carbocycles. The molecule has 4 aliphatic carbocycles. The number of nitrogens with two attached hydrogens (primary N) is 2. The Bertz CT molecular complexity index is 1850. The van der Waals surface area contributed by atoms with Crippen LogP contribution in [-0.2, 0) is 42.8 Å². The summed E-state index contributed by atoms with van der Waals surface area (Å²) in [6.07, 6.45) is 14.0. The average Bonchev–Trinajstić information content (AvgIpc) is 3.11. The number of imide groups is 1. The Balaban J connectivity index is 1.32. The highest BCUT2D eigenvalue weighted by molar-refractivity contribution is 6.02. The number of aryl methyl sites for hydroxylation is 2. The largest absolute Gasteiger partial charge is 0.481 e. The van der Waals surface area contributed by atoms with Gasteiger partial charge in [-0.1, -0.05) is 58.6 Å². The van der Waals surface area contributed by atoms with E-state index in [0.29, 0.717) is 24.2 Å². The smallest absolute Gasteiger partial charge is 0.303 e.